The fourth-order valence-electron chi connectivity index (χ4n) is 2.36. The summed E-state index contributed by atoms with van der Waals surface area (Å²) < 4.78 is 0. The van der Waals surface area contributed by atoms with Gasteiger partial charge in [-0.1, -0.05) is 31.2 Å². The van der Waals surface area contributed by atoms with Crippen LogP contribution in [-0.2, 0) is 12.8 Å². The smallest absolute Gasteiger partial charge is 0.180 e. The summed E-state index contributed by atoms with van der Waals surface area (Å²) in [5.41, 5.74) is 2.56. The zero-order valence-electron chi connectivity index (χ0n) is 9.77. The fourth-order valence-corrected chi connectivity index (χ4v) is 3.31. The van der Waals surface area contributed by atoms with Gasteiger partial charge in [-0.15, -0.1) is 11.3 Å². The maximum atomic E-state index is 12.3. The maximum Gasteiger partial charge on any atom is 0.180 e. The van der Waals surface area contributed by atoms with E-state index in [1.165, 1.54) is 16.0 Å². The lowest BCUT2D eigenvalue weighted by atomic mass is 9.75. The minimum atomic E-state index is 0.106. The van der Waals surface area contributed by atoms with Crippen LogP contribution >= 0.6 is 11.3 Å². The van der Waals surface area contributed by atoms with Crippen molar-refractivity contribution in [1.29, 1.82) is 0 Å². The first-order chi connectivity index (χ1) is 8.29. The van der Waals surface area contributed by atoms with Crippen LogP contribution in [0.1, 0.15) is 38.5 Å². The van der Waals surface area contributed by atoms with Crippen molar-refractivity contribution in [2.24, 2.45) is 0 Å². The summed E-state index contributed by atoms with van der Waals surface area (Å²) in [6.45, 7) is 2.12. The summed E-state index contributed by atoms with van der Waals surface area (Å²) in [6.07, 6.45) is 1.92. The van der Waals surface area contributed by atoms with Crippen LogP contribution in [0.4, 0.5) is 0 Å². The number of hydrogen-bond donors (Lipinski definition) is 0. The molecule has 17 heavy (non-hydrogen) atoms. The lowest BCUT2D eigenvalue weighted by molar-refractivity contribution is 0.0953. The molecule has 1 aromatic heterocycles. The highest BCUT2D eigenvalue weighted by Crippen LogP contribution is 2.38. The van der Waals surface area contributed by atoms with Gasteiger partial charge in [0.2, 0.25) is 0 Å². The van der Waals surface area contributed by atoms with Crippen LogP contribution in [0.25, 0.3) is 0 Å². The molecule has 1 nitrogen and oxygen atoms in total. The van der Waals surface area contributed by atoms with Gasteiger partial charge in [-0.3, -0.25) is 4.79 Å². The molecule has 0 bridgehead atoms. The lowest BCUT2D eigenvalue weighted by Crippen LogP contribution is -2.24. The Morgan fingerprint density at radius 1 is 1.29 bits per heavy atom. The van der Waals surface area contributed by atoms with Crippen LogP contribution in [0, 0.1) is 0 Å². The van der Waals surface area contributed by atoms with Crippen LogP contribution in [-0.4, -0.2) is 5.78 Å². The highest BCUT2D eigenvalue weighted by atomic mass is 32.1. The Bertz CT molecular complexity index is 568. The van der Waals surface area contributed by atoms with Crippen LogP contribution in [0.15, 0.2) is 36.4 Å². The molecule has 0 saturated heterocycles. The van der Waals surface area contributed by atoms with E-state index in [1.54, 1.807) is 11.3 Å². The van der Waals surface area contributed by atoms with E-state index in [9.17, 15) is 4.79 Å². The molecule has 0 saturated carbocycles. The van der Waals surface area contributed by atoms with Gasteiger partial charge in [0.1, 0.15) is 0 Å². The van der Waals surface area contributed by atoms with E-state index in [0.717, 1.165) is 17.7 Å². The highest BCUT2D eigenvalue weighted by molar-refractivity contribution is 7.14. The van der Waals surface area contributed by atoms with E-state index in [1.807, 2.05) is 18.2 Å². The number of rotatable bonds is 3. The van der Waals surface area contributed by atoms with Crippen molar-refractivity contribution in [1.82, 2.24) is 0 Å². The molecule has 0 N–H and O–H groups in total. The molecule has 3 rings (SSSR count). The number of Topliss-reactive ketones (excluding diaryl/α,β-unsaturated/α-hetero) is 1. The number of thiophene rings is 1. The molecule has 1 atom stereocenters. The molecule has 0 radical (unpaired) electrons. The standard InChI is InChI=1S/C15H14OS/c1-2-11-7-8-14(17-11)15(16)13-9-10-5-3-4-6-12(10)13/h3-8,13H,2,9H2,1H3. The van der Waals surface area contributed by atoms with Crippen LogP contribution in [0.3, 0.4) is 0 Å². The second-order valence-corrected chi connectivity index (χ2v) is 5.61. The van der Waals surface area contributed by atoms with Gasteiger partial charge in [0, 0.05) is 4.88 Å². The quantitative estimate of drug-likeness (QED) is 0.747. The van der Waals surface area contributed by atoms with Crippen LogP contribution in [0.5, 0.6) is 0 Å². The minimum Gasteiger partial charge on any atom is -0.293 e. The van der Waals surface area contributed by atoms with Crippen molar-refractivity contribution in [3.8, 4) is 0 Å². The molecule has 0 aliphatic heterocycles. The summed E-state index contributed by atoms with van der Waals surface area (Å²) in [5, 5.41) is 0. The van der Waals surface area contributed by atoms with E-state index < -0.39 is 0 Å². The second kappa shape index (κ2) is 4.11. The van der Waals surface area contributed by atoms with E-state index >= 15 is 0 Å². The number of carbonyl (C=O) groups is 1. The Morgan fingerprint density at radius 3 is 2.82 bits per heavy atom. The summed E-state index contributed by atoms with van der Waals surface area (Å²) in [7, 11) is 0. The van der Waals surface area contributed by atoms with E-state index in [4.69, 9.17) is 0 Å². The molecular weight excluding hydrogens is 228 g/mol. The summed E-state index contributed by atoms with van der Waals surface area (Å²) in [5.74, 6) is 0.406. The summed E-state index contributed by atoms with van der Waals surface area (Å²) >= 11 is 1.64. The Labute approximate surface area is 105 Å². The first kappa shape index (κ1) is 10.7. The summed E-state index contributed by atoms with van der Waals surface area (Å²) in [6, 6.07) is 12.3. The van der Waals surface area contributed by atoms with Gasteiger partial charge in [0.05, 0.1) is 10.8 Å². The fraction of sp³-hybridized carbons (Fsp3) is 0.267. The lowest BCUT2D eigenvalue weighted by Gasteiger charge is -2.28. The third-order valence-corrected chi connectivity index (χ3v) is 4.67. The first-order valence-electron chi connectivity index (χ1n) is 6.00. The van der Waals surface area contributed by atoms with E-state index in [-0.39, 0.29) is 5.92 Å². The monoisotopic (exact) mass is 242 g/mol. The van der Waals surface area contributed by atoms with E-state index in [2.05, 4.69) is 25.1 Å². The van der Waals surface area contributed by atoms with Crippen LogP contribution < -0.4 is 0 Å². The number of benzene rings is 1. The average molecular weight is 242 g/mol. The Kier molecular flexibility index (Phi) is 2.60. The largest absolute Gasteiger partial charge is 0.293 e. The zero-order valence-corrected chi connectivity index (χ0v) is 10.6. The molecule has 1 aliphatic rings. The van der Waals surface area contributed by atoms with Crippen molar-refractivity contribution in [3.63, 3.8) is 0 Å². The molecule has 0 spiro atoms. The molecular formula is C15H14OS. The number of ketones is 1. The Balaban J connectivity index is 1.86. The van der Waals surface area contributed by atoms with Crippen molar-refractivity contribution in [2.75, 3.05) is 0 Å². The minimum absolute atomic E-state index is 0.106. The number of fused-ring (bicyclic) bond motifs is 1. The molecule has 1 aromatic carbocycles. The van der Waals surface area contributed by atoms with Crippen molar-refractivity contribution in [2.45, 2.75) is 25.7 Å². The predicted molar refractivity (Wildman–Crippen MR) is 70.9 cm³/mol. The van der Waals surface area contributed by atoms with Gasteiger partial charge < -0.3 is 0 Å². The molecule has 1 unspecified atom stereocenters. The molecule has 2 heteroatoms. The van der Waals surface area contributed by atoms with Gasteiger partial charge in [-0.25, -0.2) is 0 Å². The third-order valence-electron chi connectivity index (χ3n) is 3.42. The highest BCUT2D eigenvalue weighted by Gasteiger charge is 2.32. The first-order valence-corrected chi connectivity index (χ1v) is 6.82. The van der Waals surface area contributed by atoms with Gasteiger partial charge >= 0.3 is 0 Å². The Morgan fingerprint density at radius 2 is 2.12 bits per heavy atom. The predicted octanol–water partition coefficient (Wildman–Crippen LogP) is 3.83. The van der Waals surface area contributed by atoms with Gasteiger partial charge in [-0.2, -0.15) is 0 Å². The molecule has 86 valence electrons. The number of hydrogen-bond acceptors (Lipinski definition) is 2. The van der Waals surface area contributed by atoms with Gasteiger partial charge in [0.25, 0.3) is 0 Å². The second-order valence-electron chi connectivity index (χ2n) is 4.44. The van der Waals surface area contributed by atoms with E-state index in [0.29, 0.717) is 5.78 Å². The normalized spacial score (nSPS) is 17.4. The number of aryl methyl sites for hydroxylation is 1. The van der Waals surface area contributed by atoms with Crippen molar-refractivity contribution >= 4 is 17.1 Å². The topological polar surface area (TPSA) is 17.1 Å². The van der Waals surface area contributed by atoms with Gasteiger partial charge in [0.15, 0.2) is 5.78 Å². The molecule has 1 aliphatic carbocycles. The third kappa shape index (κ3) is 1.73. The van der Waals surface area contributed by atoms with Gasteiger partial charge in [-0.05, 0) is 36.1 Å². The SMILES string of the molecule is CCc1ccc(C(=O)C2Cc3ccccc32)s1. The zero-order chi connectivity index (χ0) is 11.8. The van der Waals surface area contributed by atoms with Crippen molar-refractivity contribution < 1.29 is 4.79 Å². The Hall–Kier alpha value is -1.41. The van der Waals surface area contributed by atoms with Crippen LogP contribution in [0.2, 0.25) is 0 Å². The molecule has 0 amide bonds. The maximum absolute atomic E-state index is 12.3. The molecule has 0 fully saturated rings. The summed E-state index contributed by atoms with van der Waals surface area (Å²) in [4.78, 5) is 14.5. The molecule has 2 aromatic rings. The number of carbonyl (C=O) groups excluding carboxylic acids is 1. The average Bonchev–Trinajstić information content (AvgIpc) is 2.79. The van der Waals surface area contributed by atoms with Crippen molar-refractivity contribution in [3.05, 3.63) is 57.3 Å². The molecule has 1 heterocycles.